The van der Waals surface area contributed by atoms with Crippen molar-refractivity contribution >= 4 is 33.9 Å². The van der Waals surface area contributed by atoms with Crippen LogP contribution in [0.4, 0.5) is 21.8 Å². The van der Waals surface area contributed by atoms with Crippen molar-refractivity contribution in [3.8, 4) is 0 Å². The molecule has 5 nitrogen and oxygen atoms in total. The summed E-state index contributed by atoms with van der Waals surface area (Å²) in [4.78, 5) is 12.1. The maximum Gasteiger partial charge on any atom is 0.229 e. The van der Waals surface area contributed by atoms with Gasteiger partial charge in [-0.1, -0.05) is 18.2 Å². The maximum absolute atomic E-state index is 13.7. The van der Waals surface area contributed by atoms with E-state index >= 15 is 0 Å². The van der Waals surface area contributed by atoms with Gasteiger partial charge in [0.05, 0.1) is 5.52 Å². The largest absolute Gasteiger partial charge is 0.367 e. The minimum atomic E-state index is -0.216. The summed E-state index contributed by atoms with van der Waals surface area (Å²) < 4.78 is 13.7. The van der Waals surface area contributed by atoms with E-state index in [9.17, 15) is 4.39 Å². The molecule has 2 heterocycles. The van der Waals surface area contributed by atoms with Gasteiger partial charge in [-0.15, -0.1) is 0 Å². The number of halogens is 1. The van der Waals surface area contributed by atoms with Crippen LogP contribution in [0, 0.1) is 18.7 Å². The standard InChI is InChI=1S/C26H30FN5/c1-16-15-20(9-10-23(16)27)29-26-30-24-21(19-11-13-32(3)14-12-19)5-4-6-22(24)25(31-26)28-17(2)18-7-8-18/h4-6,9-11,15,17-18H,7-8,12-14H2,1-3H3,(H2,28,29,30,31)/t17-/m1/s1. The highest BCUT2D eigenvalue weighted by molar-refractivity contribution is 5.98. The van der Waals surface area contributed by atoms with Gasteiger partial charge < -0.3 is 15.5 Å². The van der Waals surface area contributed by atoms with Gasteiger partial charge in [0.15, 0.2) is 0 Å². The Hall–Kier alpha value is -2.99. The molecule has 1 aromatic heterocycles. The number of rotatable bonds is 6. The zero-order valence-electron chi connectivity index (χ0n) is 19.0. The van der Waals surface area contributed by atoms with Crippen molar-refractivity contribution in [2.45, 2.75) is 39.2 Å². The number of nitrogens with one attached hydrogen (secondary N) is 2. The number of nitrogens with zero attached hydrogens (tertiary/aromatic N) is 3. The summed E-state index contributed by atoms with van der Waals surface area (Å²) in [5.74, 6) is 1.86. The molecule has 0 saturated heterocycles. The first-order valence-electron chi connectivity index (χ1n) is 11.5. The van der Waals surface area contributed by atoms with Gasteiger partial charge in [0, 0.05) is 35.8 Å². The first-order valence-corrected chi connectivity index (χ1v) is 11.5. The molecule has 0 radical (unpaired) electrons. The Morgan fingerprint density at radius 2 is 2.00 bits per heavy atom. The molecule has 32 heavy (non-hydrogen) atoms. The molecule has 1 aliphatic carbocycles. The van der Waals surface area contributed by atoms with Crippen LogP contribution in [0.1, 0.15) is 37.3 Å². The van der Waals surface area contributed by atoms with E-state index in [4.69, 9.17) is 9.97 Å². The number of aryl methyl sites for hydroxylation is 1. The van der Waals surface area contributed by atoms with Crippen molar-refractivity contribution in [2.75, 3.05) is 30.8 Å². The van der Waals surface area contributed by atoms with E-state index in [-0.39, 0.29) is 5.82 Å². The molecule has 6 heteroatoms. The summed E-state index contributed by atoms with van der Waals surface area (Å²) in [5, 5.41) is 7.99. The Balaban J connectivity index is 1.59. The molecule has 0 unspecified atom stereocenters. The third kappa shape index (κ3) is 4.32. The molecule has 1 fully saturated rings. The fourth-order valence-corrected chi connectivity index (χ4v) is 4.37. The van der Waals surface area contributed by atoms with Crippen LogP contribution in [0.3, 0.4) is 0 Å². The average molecular weight is 432 g/mol. The zero-order chi connectivity index (χ0) is 22.2. The van der Waals surface area contributed by atoms with Crippen LogP contribution in [-0.2, 0) is 0 Å². The lowest BCUT2D eigenvalue weighted by molar-refractivity contribution is 0.370. The van der Waals surface area contributed by atoms with E-state index in [1.54, 1.807) is 19.1 Å². The highest BCUT2D eigenvalue weighted by atomic mass is 19.1. The second-order valence-electron chi connectivity index (χ2n) is 9.20. The quantitative estimate of drug-likeness (QED) is 0.520. The van der Waals surface area contributed by atoms with Gasteiger partial charge in [-0.3, -0.25) is 0 Å². The van der Waals surface area contributed by atoms with E-state index in [2.05, 4.69) is 53.8 Å². The molecule has 2 aliphatic rings. The van der Waals surface area contributed by atoms with Crippen LogP contribution in [0.2, 0.25) is 0 Å². The Labute approximate surface area is 188 Å². The monoisotopic (exact) mass is 431 g/mol. The van der Waals surface area contributed by atoms with E-state index in [0.29, 0.717) is 23.5 Å². The predicted molar refractivity (Wildman–Crippen MR) is 130 cm³/mol. The van der Waals surface area contributed by atoms with Crippen LogP contribution in [-0.4, -0.2) is 41.0 Å². The van der Waals surface area contributed by atoms with Crippen molar-refractivity contribution in [3.05, 3.63) is 59.4 Å². The van der Waals surface area contributed by atoms with Gasteiger partial charge in [-0.2, -0.15) is 4.98 Å². The lowest BCUT2D eigenvalue weighted by Crippen LogP contribution is -2.23. The number of fused-ring (bicyclic) bond motifs is 1. The van der Waals surface area contributed by atoms with E-state index in [1.807, 2.05) is 0 Å². The highest BCUT2D eigenvalue weighted by Crippen LogP contribution is 2.36. The molecule has 0 spiro atoms. The molecule has 3 aromatic rings. The smallest absolute Gasteiger partial charge is 0.229 e. The van der Waals surface area contributed by atoms with Crippen LogP contribution in [0.5, 0.6) is 0 Å². The molecule has 0 amide bonds. The number of likely N-dealkylation sites (N-methyl/N-ethyl adjacent to an activating group) is 1. The minimum Gasteiger partial charge on any atom is -0.367 e. The van der Waals surface area contributed by atoms with E-state index in [0.717, 1.165) is 41.9 Å². The van der Waals surface area contributed by atoms with Crippen molar-refractivity contribution in [1.82, 2.24) is 14.9 Å². The summed E-state index contributed by atoms with van der Waals surface area (Å²) in [6.45, 7) is 5.97. The third-order valence-corrected chi connectivity index (χ3v) is 6.59. The van der Waals surface area contributed by atoms with Crippen molar-refractivity contribution in [2.24, 2.45) is 5.92 Å². The number of anilines is 3. The Morgan fingerprint density at radius 3 is 2.72 bits per heavy atom. The normalized spacial score (nSPS) is 17.8. The number of benzene rings is 2. The van der Waals surface area contributed by atoms with Crippen LogP contribution in [0.25, 0.3) is 16.5 Å². The van der Waals surface area contributed by atoms with Gasteiger partial charge in [0.1, 0.15) is 11.6 Å². The first kappa shape index (κ1) is 20.9. The highest BCUT2D eigenvalue weighted by Gasteiger charge is 2.28. The fraction of sp³-hybridized carbons (Fsp3) is 0.385. The Morgan fingerprint density at radius 1 is 1.16 bits per heavy atom. The van der Waals surface area contributed by atoms with Crippen LogP contribution in [0.15, 0.2) is 42.5 Å². The lowest BCUT2D eigenvalue weighted by Gasteiger charge is -2.23. The third-order valence-electron chi connectivity index (χ3n) is 6.59. The molecule has 166 valence electrons. The number of hydrogen-bond acceptors (Lipinski definition) is 5. The van der Waals surface area contributed by atoms with Crippen molar-refractivity contribution in [3.63, 3.8) is 0 Å². The second kappa shape index (κ2) is 8.51. The van der Waals surface area contributed by atoms with Crippen molar-refractivity contribution in [1.29, 1.82) is 0 Å². The van der Waals surface area contributed by atoms with Gasteiger partial charge in [-0.05, 0) is 81.5 Å². The van der Waals surface area contributed by atoms with Crippen LogP contribution < -0.4 is 10.6 Å². The van der Waals surface area contributed by atoms with Gasteiger partial charge >= 0.3 is 0 Å². The number of hydrogen-bond donors (Lipinski definition) is 2. The maximum atomic E-state index is 13.7. The lowest BCUT2D eigenvalue weighted by atomic mass is 9.97. The Kier molecular flexibility index (Phi) is 5.55. The molecule has 5 rings (SSSR count). The summed E-state index contributed by atoms with van der Waals surface area (Å²) in [6, 6.07) is 11.7. The molecular formula is C26H30FN5. The zero-order valence-corrected chi connectivity index (χ0v) is 19.0. The van der Waals surface area contributed by atoms with Crippen LogP contribution >= 0.6 is 0 Å². The van der Waals surface area contributed by atoms with Gasteiger partial charge in [0.25, 0.3) is 0 Å². The molecular weight excluding hydrogens is 401 g/mol. The summed E-state index contributed by atoms with van der Waals surface area (Å²) in [6.07, 6.45) is 5.84. The SMILES string of the molecule is Cc1cc(Nc2nc(N[C@H](C)C3CC3)c3cccc(C4=CCN(C)CC4)c3n2)ccc1F. The van der Waals surface area contributed by atoms with E-state index in [1.165, 1.54) is 30.0 Å². The number of aromatic nitrogens is 2. The molecule has 2 aromatic carbocycles. The molecule has 1 aliphatic heterocycles. The summed E-state index contributed by atoms with van der Waals surface area (Å²) in [5.41, 5.74) is 4.81. The van der Waals surface area contributed by atoms with E-state index < -0.39 is 0 Å². The first-order chi connectivity index (χ1) is 15.5. The molecule has 1 saturated carbocycles. The predicted octanol–water partition coefficient (Wildman–Crippen LogP) is 5.75. The number of para-hydroxylation sites is 1. The topological polar surface area (TPSA) is 53.1 Å². The molecule has 0 bridgehead atoms. The second-order valence-corrected chi connectivity index (χ2v) is 9.20. The summed E-state index contributed by atoms with van der Waals surface area (Å²) in [7, 11) is 2.15. The Bertz CT molecular complexity index is 1180. The minimum absolute atomic E-state index is 0.216. The summed E-state index contributed by atoms with van der Waals surface area (Å²) >= 11 is 0. The fourth-order valence-electron chi connectivity index (χ4n) is 4.37. The van der Waals surface area contributed by atoms with Gasteiger partial charge in [-0.25, -0.2) is 9.37 Å². The molecule has 2 N–H and O–H groups in total. The van der Waals surface area contributed by atoms with Gasteiger partial charge in [0.2, 0.25) is 5.95 Å². The molecule has 1 atom stereocenters. The van der Waals surface area contributed by atoms with Crippen molar-refractivity contribution < 1.29 is 4.39 Å². The average Bonchev–Trinajstić information content (AvgIpc) is 3.62.